The number of ether oxygens (including phenoxy) is 2. The van der Waals surface area contributed by atoms with Crippen LogP contribution >= 0.6 is 7.37 Å². The Morgan fingerprint density at radius 2 is 2.06 bits per heavy atom. The van der Waals surface area contributed by atoms with E-state index in [-0.39, 0.29) is 12.3 Å². The Bertz CT molecular complexity index is 1180. The maximum absolute atomic E-state index is 14.3. The molecule has 2 N–H and O–H groups in total. The van der Waals surface area contributed by atoms with Crippen molar-refractivity contribution in [3.63, 3.8) is 0 Å². The highest BCUT2D eigenvalue weighted by atomic mass is 31.2. The second kappa shape index (κ2) is 9.02. The number of pyridine rings is 1. The maximum atomic E-state index is 14.3. The summed E-state index contributed by atoms with van der Waals surface area (Å²) in [6, 6.07) is 14.3. The molecule has 0 amide bonds. The van der Waals surface area contributed by atoms with E-state index < -0.39 is 19.3 Å². The van der Waals surface area contributed by atoms with Gasteiger partial charge in [0.1, 0.15) is 17.7 Å². The van der Waals surface area contributed by atoms with Crippen LogP contribution in [0, 0.1) is 5.82 Å². The van der Waals surface area contributed by atoms with E-state index in [1.54, 1.807) is 30.3 Å². The number of aryl methyl sites for hydroxylation is 1. The van der Waals surface area contributed by atoms with Crippen LogP contribution < -0.4 is 9.47 Å². The molecule has 6 nitrogen and oxygen atoms in total. The molecule has 2 unspecified atom stereocenters. The number of aliphatic hydroxyl groups is 1. The van der Waals surface area contributed by atoms with Crippen molar-refractivity contribution in [3.05, 3.63) is 77.2 Å². The van der Waals surface area contributed by atoms with Gasteiger partial charge in [-0.1, -0.05) is 30.3 Å². The Balaban J connectivity index is 1.54. The second-order valence-electron chi connectivity index (χ2n) is 8.09. The third-order valence-electron chi connectivity index (χ3n) is 5.55. The highest BCUT2D eigenvalue weighted by Gasteiger charge is 2.26. The van der Waals surface area contributed by atoms with Crippen molar-refractivity contribution in [1.82, 2.24) is 4.98 Å². The number of nitrogens with zero attached hydrogens (tertiary/aromatic N) is 1. The number of aliphatic hydroxyl groups excluding tert-OH is 1. The van der Waals surface area contributed by atoms with E-state index in [1.807, 2.05) is 18.2 Å². The zero-order valence-electron chi connectivity index (χ0n) is 17.9. The minimum atomic E-state index is -3.34. The molecule has 0 radical (unpaired) electrons. The van der Waals surface area contributed by atoms with Crippen molar-refractivity contribution in [2.45, 2.75) is 25.0 Å². The van der Waals surface area contributed by atoms with Gasteiger partial charge in [0.05, 0.1) is 25.6 Å². The highest BCUT2D eigenvalue weighted by Crippen LogP contribution is 2.41. The quantitative estimate of drug-likeness (QED) is 0.491. The SMILES string of the molecule is COc1cc(-c2ccc3c(c2)CCC3Oc2cccc([C@H](O)CP(C)(=O)O)c2)c(F)cn1. The van der Waals surface area contributed by atoms with Gasteiger partial charge >= 0.3 is 0 Å². The Hall–Kier alpha value is -2.73. The minimum absolute atomic E-state index is 0.168. The van der Waals surface area contributed by atoms with Gasteiger partial charge in [-0.05, 0) is 47.2 Å². The fourth-order valence-electron chi connectivity index (χ4n) is 4.01. The summed E-state index contributed by atoms with van der Waals surface area (Å²) >= 11 is 0. The van der Waals surface area contributed by atoms with Gasteiger partial charge < -0.3 is 19.5 Å². The molecule has 3 atom stereocenters. The number of methoxy groups -OCH3 is 1. The summed E-state index contributed by atoms with van der Waals surface area (Å²) in [5, 5.41) is 10.3. The van der Waals surface area contributed by atoms with Crippen LogP contribution in [0.3, 0.4) is 0 Å². The minimum Gasteiger partial charge on any atom is -0.486 e. The number of aromatic nitrogens is 1. The van der Waals surface area contributed by atoms with Crippen molar-refractivity contribution in [1.29, 1.82) is 0 Å². The van der Waals surface area contributed by atoms with Crippen LogP contribution in [0.15, 0.2) is 54.7 Å². The fourth-order valence-corrected chi connectivity index (χ4v) is 4.86. The lowest BCUT2D eigenvalue weighted by Gasteiger charge is -2.18. The zero-order chi connectivity index (χ0) is 22.9. The molecule has 1 aromatic heterocycles. The van der Waals surface area contributed by atoms with Crippen molar-refractivity contribution in [2.75, 3.05) is 19.9 Å². The first-order chi connectivity index (χ1) is 15.2. The third kappa shape index (κ3) is 5.01. The van der Waals surface area contributed by atoms with Gasteiger partial charge in [-0.15, -0.1) is 0 Å². The zero-order valence-corrected chi connectivity index (χ0v) is 18.8. The smallest absolute Gasteiger partial charge is 0.213 e. The van der Waals surface area contributed by atoms with Crippen molar-refractivity contribution >= 4 is 7.37 Å². The van der Waals surface area contributed by atoms with Gasteiger partial charge in [-0.3, -0.25) is 4.57 Å². The summed E-state index contributed by atoms with van der Waals surface area (Å²) in [5.41, 5.74) is 3.85. The predicted octanol–water partition coefficient (Wildman–Crippen LogP) is 4.90. The number of hydrogen-bond acceptors (Lipinski definition) is 5. The van der Waals surface area contributed by atoms with Crippen LogP contribution in [-0.2, 0) is 11.0 Å². The van der Waals surface area contributed by atoms with E-state index in [1.165, 1.54) is 13.8 Å². The van der Waals surface area contributed by atoms with Crippen LogP contribution in [0.1, 0.15) is 35.3 Å². The Kier molecular flexibility index (Phi) is 6.33. The van der Waals surface area contributed by atoms with Gasteiger partial charge in [-0.25, -0.2) is 9.37 Å². The first kappa shape index (κ1) is 22.5. The van der Waals surface area contributed by atoms with Crippen LogP contribution in [0.5, 0.6) is 11.6 Å². The number of hydrogen-bond donors (Lipinski definition) is 2. The largest absolute Gasteiger partial charge is 0.486 e. The molecule has 168 valence electrons. The topological polar surface area (TPSA) is 88.9 Å². The highest BCUT2D eigenvalue weighted by molar-refractivity contribution is 7.57. The molecular weight excluding hydrogens is 432 g/mol. The first-order valence-electron chi connectivity index (χ1n) is 10.3. The van der Waals surface area contributed by atoms with Gasteiger partial charge in [0.25, 0.3) is 0 Å². The van der Waals surface area contributed by atoms with E-state index >= 15 is 0 Å². The molecule has 1 aliphatic carbocycles. The van der Waals surface area contributed by atoms with Crippen molar-refractivity contribution < 1.29 is 28.4 Å². The lowest BCUT2D eigenvalue weighted by atomic mass is 10.0. The average Bonchev–Trinajstić information content (AvgIpc) is 3.15. The lowest BCUT2D eigenvalue weighted by molar-refractivity contribution is 0.192. The fraction of sp³-hybridized carbons (Fsp3) is 0.292. The monoisotopic (exact) mass is 457 g/mol. The van der Waals surface area contributed by atoms with E-state index in [2.05, 4.69) is 4.98 Å². The number of fused-ring (bicyclic) bond motifs is 1. The first-order valence-corrected chi connectivity index (χ1v) is 12.6. The molecule has 0 aliphatic heterocycles. The second-order valence-corrected chi connectivity index (χ2v) is 10.6. The van der Waals surface area contributed by atoms with Gasteiger partial charge in [-0.2, -0.15) is 0 Å². The summed E-state index contributed by atoms with van der Waals surface area (Å²) in [6.45, 7) is 1.23. The van der Waals surface area contributed by atoms with Gasteiger partial charge in [0, 0.05) is 18.3 Å². The van der Waals surface area contributed by atoms with E-state index in [4.69, 9.17) is 9.47 Å². The summed E-state index contributed by atoms with van der Waals surface area (Å²) in [4.78, 5) is 13.4. The van der Waals surface area contributed by atoms with Crippen LogP contribution in [0.2, 0.25) is 0 Å². The number of benzene rings is 2. The van der Waals surface area contributed by atoms with Gasteiger partial charge in [0.15, 0.2) is 0 Å². The maximum Gasteiger partial charge on any atom is 0.213 e. The number of halogens is 1. The number of rotatable bonds is 7. The molecule has 4 rings (SSSR count). The molecule has 1 heterocycles. The van der Waals surface area contributed by atoms with E-state index in [9.17, 15) is 19.0 Å². The Morgan fingerprint density at radius 1 is 1.25 bits per heavy atom. The molecule has 0 saturated carbocycles. The van der Waals surface area contributed by atoms with E-state index in [0.717, 1.165) is 35.7 Å². The molecule has 1 aliphatic rings. The molecule has 8 heteroatoms. The Labute approximate surface area is 186 Å². The molecular formula is C24H25FNO5P. The normalized spacial score (nSPS) is 18.0. The summed E-state index contributed by atoms with van der Waals surface area (Å²) < 4.78 is 37.2. The molecule has 3 aromatic rings. The third-order valence-corrected chi connectivity index (χ3v) is 6.57. The summed E-state index contributed by atoms with van der Waals surface area (Å²) in [7, 11) is -1.85. The van der Waals surface area contributed by atoms with Crippen LogP contribution in [0.25, 0.3) is 11.1 Å². The Morgan fingerprint density at radius 3 is 2.81 bits per heavy atom. The standard InChI is InChI=1S/C24H25FNO5P/c1-30-24-12-20(21(25)13-26-24)16-6-8-19-15(10-16)7-9-23(19)31-18-5-3-4-17(11-18)22(27)14-32(2,28)29/h3-6,8,10-13,22-23,27H,7,9,14H2,1-2H3,(H,28,29)/t22-,23?/m1/s1. The van der Waals surface area contributed by atoms with Gasteiger partial charge in [0.2, 0.25) is 13.2 Å². The molecule has 32 heavy (non-hydrogen) atoms. The molecule has 2 aromatic carbocycles. The van der Waals surface area contributed by atoms with E-state index in [0.29, 0.717) is 22.8 Å². The van der Waals surface area contributed by atoms with Crippen LogP contribution in [0.4, 0.5) is 4.39 Å². The van der Waals surface area contributed by atoms with Crippen molar-refractivity contribution in [2.24, 2.45) is 0 Å². The summed E-state index contributed by atoms with van der Waals surface area (Å²) in [6.07, 6.45) is 1.31. The molecule has 0 fully saturated rings. The van der Waals surface area contributed by atoms with Crippen LogP contribution in [-0.4, -0.2) is 34.9 Å². The predicted molar refractivity (Wildman–Crippen MR) is 120 cm³/mol. The van der Waals surface area contributed by atoms with Crippen molar-refractivity contribution in [3.8, 4) is 22.8 Å². The molecule has 0 saturated heterocycles. The summed E-state index contributed by atoms with van der Waals surface area (Å²) in [5.74, 6) is 0.523. The average molecular weight is 457 g/mol. The molecule has 0 bridgehead atoms. The lowest BCUT2D eigenvalue weighted by Crippen LogP contribution is -2.06. The molecule has 0 spiro atoms.